The number of halogens is 4. The number of benzene rings is 1. The van der Waals surface area contributed by atoms with Gasteiger partial charge in [0, 0.05) is 19.3 Å². The molecule has 0 aliphatic heterocycles. The number of carbonyl (C=O) groups excluding carboxylic acids is 1. The van der Waals surface area contributed by atoms with E-state index in [-0.39, 0.29) is 40.8 Å². The van der Waals surface area contributed by atoms with Crippen molar-refractivity contribution in [1.82, 2.24) is 20.0 Å². The van der Waals surface area contributed by atoms with E-state index >= 15 is 0 Å². The van der Waals surface area contributed by atoms with Gasteiger partial charge in [0.25, 0.3) is 11.8 Å². The average Bonchev–Trinajstić information content (AvgIpc) is 3.37. The Bertz CT molecular complexity index is 1180. The zero-order valence-corrected chi connectivity index (χ0v) is 18.7. The number of nitrogens with one attached hydrogen (secondary N) is 1. The molecule has 7 nitrogen and oxygen atoms in total. The number of hydrogen-bond acceptors (Lipinski definition) is 6. The van der Waals surface area contributed by atoms with Gasteiger partial charge >= 0.3 is 6.18 Å². The molecule has 3 atom stereocenters. The van der Waals surface area contributed by atoms with E-state index in [4.69, 9.17) is 4.52 Å². The number of hydrogen-bond donors (Lipinski definition) is 1. The summed E-state index contributed by atoms with van der Waals surface area (Å²) in [6, 6.07) is 5.82. The molecule has 180 valence electrons. The van der Waals surface area contributed by atoms with Gasteiger partial charge in [-0.3, -0.25) is 4.79 Å². The molecule has 0 radical (unpaired) electrons. The van der Waals surface area contributed by atoms with Gasteiger partial charge in [-0.1, -0.05) is 18.1 Å². The predicted molar refractivity (Wildman–Crippen MR) is 115 cm³/mol. The Morgan fingerprint density at radius 1 is 1.21 bits per heavy atom. The number of aromatic nitrogens is 3. The van der Waals surface area contributed by atoms with Crippen molar-refractivity contribution in [2.75, 3.05) is 12.4 Å². The van der Waals surface area contributed by atoms with E-state index in [1.165, 1.54) is 29.2 Å². The molecule has 1 fully saturated rings. The Labute approximate surface area is 193 Å². The molecule has 4 rings (SSSR count). The highest BCUT2D eigenvalue weighted by molar-refractivity contribution is 6.00. The van der Waals surface area contributed by atoms with Gasteiger partial charge in [-0.05, 0) is 49.9 Å². The fourth-order valence-corrected chi connectivity index (χ4v) is 4.34. The van der Waals surface area contributed by atoms with Crippen molar-refractivity contribution >= 4 is 11.7 Å². The smallest absolute Gasteiger partial charge is 0.365 e. The number of anilines is 1. The number of alkyl halides is 3. The molecule has 1 amide bonds. The summed E-state index contributed by atoms with van der Waals surface area (Å²) in [6.45, 7) is 3.62. The summed E-state index contributed by atoms with van der Waals surface area (Å²) in [4.78, 5) is 22.9. The van der Waals surface area contributed by atoms with Crippen LogP contribution in [0.4, 0.5) is 23.4 Å². The third-order valence-electron chi connectivity index (χ3n) is 5.99. The number of amides is 1. The summed E-state index contributed by atoms with van der Waals surface area (Å²) < 4.78 is 58.3. The number of nitrogens with zero attached hydrogens (tertiary/aromatic N) is 4. The minimum atomic E-state index is -4.47. The lowest BCUT2D eigenvalue weighted by Crippen LogP contribution is -2.45. The molecule has 1 N–H and O–H groups in total. The highest BCUT2D eigenvalue weighted by Gasteiger charge is 2.38. The average molecular weight is 477 g/mol. The molecule has 2 heterocycles. The maximum absolute atomic E-state index is 14.7. The maximum atomic E-state index is 14.7. The molecule has 1 aliphatic rings. The van der Waals surface area contributed by atoms with E-state index in [0.717, 1.165) is 12.3 Å². The fourth-order valence-electron chi connectivity index (χ4n) is 4.34. The van der Waals surface area contributed by atoms with E-state index in [2.05, 4.69) is 20.4 Å². The molecule has 34 heavy (non-hydrogen) atoms. The first-order valence-electron chi connectivity index (χ1n) is 10.7. The summed E-state index contributed by atoms with van der Waals surface area (Å²) in [5, 5.41) is 6.84. The number of likely N-dealkylation sites (N-methyl/N-ethyl adjacent to an activating group) is 1. The van der Waals surface area contributed by atoms with Crippen molar-refractivity contribution in [2.24, 2.45) is 5.92 Å². The zero-order chi connectivity index (χ0) is 24.6. The van der Waals surface area contributed by atoms with Gasteiger partial charge in [-0.2, -0.15) is 18.2 Å². The summed E-state index contributed by atoms with van der Waals surface area (Å²) >= 11 is 0. The third kappa shape index (κ3) is 4.73. The van der Waals surface area contributed by atoms with Crippen LogP contribution in [0.5, 0.6) is 0 Å². The van der Waals surface area contributed by atoms with E-state index in [1.807, 2.05) is 6.92 Å². The van der Waals surface area contributed by atoms with Crippen LogP contribution in [0.2, 0.25) is 0 Å². The summed E-state index contributed by atoms with van der Waals surface area (Å²) in [5.74, 6) is -0.342. The summed E-state index contributed by atoms with van der Waals surface area (Å²) in [5.41, 5.74) is -0.825. The van der Waals surface area contributed by atoms with E-state index < -0.39 is 23.5 Å². The Morgan fingerprint density at radius 3 is 2.59 bits per heavy atom. The van der Waals surface area contributed by atoms with Crippen LogP contribution in [0.15, 0.2) is 41.1 Å². The van der Waals surface area contributed by atoms with Crippen LogP contribution >= 0.6 is 0 Å². The first kappa shape index (κ1) is 23.7. The van der Waals surface area contributed by atoms with E-state index in [1.54, 1.807) is 14.0 Å². The Morgan fingerprint density at radius 2 is 1.97 bits per heavy atom. The first-order valence-corrected chi connectivity index (χ1v) is 10.7. The van der Waals surface area contributed by atoms with Crippen LogP contribution in [0, 0.1) is 18.7 Å². The van der Waals surface area contributed by atoms with Crippen LogP contribution in [-0.2, 0) is 6.18 Å². The number of carbonyl (C=O) groups is 1. The van der Waals surface area contributed by atoms with Crippen molar-refractivity contribution in [3.8, 4) is 11.5 Å². The summed E-state index contributed by atoms with van der Waals surface area (Å²) in [6.07, 6.45) is -2.35. The van der Waals surface area contributed by atoms with Crippen LogP contribution < -0.4 is 5.32 Å². The Hall–Kier alpha value is -3.50. The van der Waals surface area contributed by atoms with Crippen molar-refractivity contribution < 1.29 is 26.9 Å². The van der Waals surface area contributed by atoms with Gasteiger partial charge in [-0.15, -0.1) is 0 Å². The van der Waals surface area contributed by atoms with Crippen LogP contribution in [0.25, 0.3) is 11.5 Å². The monoisotopic (exact) mass is 477 g/mol. The van der Waals surface area contributed by atoms with Crippen LogP contribution in [0.1, 0.15) is 41.5 Å². The minimum absolute atomic E-state index is 0.0695. The van der Waals surface area contributed by atoms with Crippen LogP contribution in [0.3, 0.4) is 0 Å². The van der Waals surface area contributed by atoms with Gasteiger partial charge in [-0.25, -0.2) is 9.37 Å². The first-order chi connectivity index (χ1) is 16.0. The lowest BCUT2D eigenvalue weighted by Gasteiger charge is -2.31. The SMILES string of the molecule is Cc1noc(-c2c(F)cccc2C(=O)N(C)C2CC(C)CC2Nc2ccc(C(F)(F)F)cn2)n1. The predicted octanol–water partition coefficient (Wildman–Crippen LogP) is 4.95. The molecule has 3 unspecified atom stereocenters. The zero-order valence-electron chi connectivity index (χ0n) is 18.7. The van der Waals surface area contributed by atoms with Gasteiger partial charge in [0.1, 0.15) is 11.6 Å². The van der Waals surface area contributed by atoms with Crippen molar-refractivity contribution in [2.45, 2.75) is 44.9 Å². The second kappa shape index (κ2) is 9.03. The summed E-state index contributed by atoms with van der Waals surface area (Å²) in [7, 11) is 1.62. The Kier molecular flexibility index (Phi) is 6.28. The standard InChI is InChI=1S/C23H23F4N5O2/c1-12-9-17(30-19-8-7-14(11-28-19)23(25,26)27)18(10-12)32(3)22(33)15-5-4-6-16(24)20(15)21-29-13(2)31-34-21/h4-8,11-12,17-18H,9-10H2,1-3H3,(H,28,30). The number of aryl methyl sites for hydroxylation is 1. The van der Waals surface area contributed by atoms with Gasteiger partial charge in [0.15, 0.2) is 5.82 Å². The molecule has 0 bridgehead atoms. The number of rotatable bonds is 5. The largest absolute Gasteiger partial charge is 0.417 e. The molecule has 11 heteroatoms. The molecule has 0 spiro atoms. The molecular weight excluding hydrogens is 454 g/mol. The second-order valence-corrected chi connectivity index (χ2v) is 8.55. The number of pyridine rings is 1. The topological polar surface area (TPSA) is 84.2 Å². The van der Waals surface area contributed by atoms with Crippen molar-refractivity contribution in [1.29, 1.82) is 0 Å². The molecule has 1 aliphatic carbocycles. The molecular formula is C23H23F4N5O2. The van der Waals surface area contributed by atoms with E-state index in [9.17, 15) is 22.4 Å². The van der Waals surface area contributed by atoms with Crippen LogP contribution in [-0.4, -0.2) is 45.1 Å². The minimum Gasteiger partial charge on any atom is -0.365 e. The second-order valence-electron chi connectivity index (χ2n) is 8.55. The van der Waals surface area contributed by atoms with E-state index in [0.29, 0.717) is 18.7 Å². The molecule has 1 saturated carbocycles. The van der Waals surface area contributed by atoms with Gasteiger partial charge in [0.05, 0.1) is 22.7 Å². The van der Waals surface area contributed by atoms with Crippen molar-refractivity contribution in [3.05, 3.63) is 59.3 Å². The molecule has 2 aromatic heterocycles. The highest BCUT2D eigenvalue weighted by Crippen LogP contribution is 2.34. The van der Waals surface area contributed by atoms with Gasteiger partial charge < -0.3 is 14.7 Å². The fraction of sp³-hybridized carbons (Fsp3) is 0.391. The highest BCUT2D eigenvalue weighted by atomic mass is 19.4. The quantitative estimate of drug-likeness (QED) is 0.524. The lowest BCUT2D eigenvalue weighted by atomic mass is 10.0. The maximum Gasteiger partial charge on any atom is 0.417 e. The third-order valence-corrected chi connectivity index (χ3v) is 5.99. The Balaban J connectivity index is 1.58. The normalized spacial score (nSPS) is 20.4. The molecule has 3 aromatic rings. The molecule has 1 aromatic carbocycles. The van der Waals surface area contributed by atoms with Crippen molar-refractivity contribution in [3.63, 3.8) is 0 Å². The molecule has 0 saturated heterocycles. The lowest BCUT2D eigenvalue weighted by molar-refractivity contribution is -0.137. The van der Waals surface area contributed by atoms with Gasteiger partial charge in [0.2, 0.25) is 0 Å².